The van der Waals surface area contributed by atoms with Crippen LogP contribution >= 0.6 is 0 Å². The van der Waals surface area contributed by atoms with Gasteiger partial charge in [-0.2, -0.15) is 13.2 Å². The Morgan fingerprint density at radius 3 is 2.78 bits per heavy atom. The number of hydrogen-bond acceptors (Lipinski definition) is 3. The molecule has 0 saturated heterocycles. The van der Waals surface area contributed by atoms with Gasteiger partial charge in [0.2, 0.25) is 0 Å². The third-order valence-corrected chi connectivity index (χ3v) is 1.87. The van der Waals surface area contributed by atoms with Crippen molar-refractivity contribution < 1.29 is 22.7 Å². The number of alkyl halides is 3. The summed E-state index contributed by atoms with van der Waals surface area (Å²) >= 11 is 0. The van der Waals surface area contributed by atoms with Crippen molar-refractivity contribution in [2.45, 2.75) is 6.18 Å². The summed E-state index contributed by atoms with van der Waals surface area (Å²) in [4.78, 5) is 25.2. The molecule has 0 bridgehead atoms. The van der Waals surface area contributed by atoms with Gasteiger partial charge in [0, 0.05) is 25.0 Å². The molecule has 1 amide bonds. The van der Waals surface area contributed by atoms with Crippen LogP contribution in [0.3, 0.4) is 0 Å². The van der Waals surface area contributed by atoms with E-state index in [1.165, 1.54) is 18.5 Å². The van der Waals surface area contributed by atoms with E-state index >= 15 is 0 Å². The molecule has 0 atom stereocenters. The van der Waals surface area contributed by atoms with E-state index in [4.69, 9.17) is 0 Å². The first-order valence-corrected chi connectivity index (χ1v) is 5.00. The number of H-pyrrole nitrogens is 1. The second-order valence-corrected chi connectivity index (χ2v) is 3.35. The summed E-state index contributed by atoms with van der Waals surface area (Å²) in [5.41, 5.74) is -0.573. The molecule has 0 aliphatic carbocycles. The van der Waals surface area contributed by atoms with Gasteiger partial charge in [0.1, 0.15) is 12.2 Å². The Kier molecular flexibility index (Phi) is 4.90. The zero-order chi connectivity index (χ0) is 13.6. The van der Waals surface area contributed by atoms with Crippen LogP contribution in [-0.2, 0) is 4.74 Å². The number of ether oxygens (including phenoxy) is 1. The van der Waals surface area contributed by atoms with Crippen molar-refractivity contribution in [3.8, 4) is 0 Å². The van der Waals surface area contributed by atoms with Gasteiger partial charge >= 0.3 is 6.18 Å². The predicted octanol–water partition coefficient (Wildman–Crippen LogP) is 0.684. The second-order valence-electron chi connectivity index (χ2n) is 3.35. The number of rotatable bonds is 5. The topological polar surface area (TPSA) is 71.2 Å². The molecule has 1 aromatic rings. The number of carbonyl (C=O) groups excluding carboxylic acids is 1. The molecule has 0 unspecified atom stereocenters. The van der Waals surface area contributed by atoms with Crippen LogP contribution in [0.1, 0.15) is 10.4 Å². The lowest BCUT2D eigenvalue weighted by Crippen LogP contribution is -2.31. The molecule has 2 N–H and O–H groups in total. The number of amides is 1. The fourth-order valence-corrected chi connectivity index (χ4v) is 1.11. The first-order valence-electron chi connectivity index (χ1n) is 5.00. The number of carbonyl (C=O) groups is 1. The van der Waals surface area contributed by atoms with Crippen LogP contribution in [0.15, 0.2) is 23.3 Å². The van der Waals surface area contributed by atoms with Crippen molar-refractivity contribution in [3.05, 3.63) is 34.2 Å². The first-order chi connectivity index (χ1) is 8.40. The zero-order valence-electron chi connectivity index (χ0n) is 9.21. The molecule has 0 spiro atoms. The van der Waals surface area contributed by atoms with E-state index < -0.39 is 24.1 Å². The van der Waals surface area contributed by atoms with Crippen LogP contribution < -0.4 is 10.7 Å². The number of hydrogen-bond donors (Lipinski definition) is 2. The lowest BCUT2D eigenvalue weighted by atomic mass is 10.2. The van der Waals surface area contributed by atoms with E-state index in [9.17, 15) is 22.8 Å². The Balaban J connectivity index is 2.31. The Hall–Kier alpha value is -1.83. The lowest BCUT2D eigenvalue weighted by molar-refractivity contribution is -0.173. The molecule has 0 fully saturated rings. The SMILES string of the molecule is O=C(NCCOCC(F)(F)F)c1c[nH]ccc1=O. The van der Waals surface area contributed by atoms with Gasteiger partial charge < -0.3 is 15.0 Å². The van der Waals surface area contributed by atoms with E-state index in [0.29, 0.717) is 0 Å². The molecule has 1 aromatic heterocycles. The van der Waals surface area contributed by atoms with Gasteiger partial charge in [0.05, 0.1) is 6.61 Å². The quantitative estimate of drug-likeness (QED) is 0.768. The molecule has 18 heavy (non-hydrogen) atoms. The van der Waals surface area contributed by atoms with Crippen LogP contribution in [0, 0.1) is 0 Å². The van der Waals surface area contributed by atoms with Crippen LogP contribution in [0.25, 0.3) is 0 Å². The molecule has 8 heteroatoms. The monoisotopic (exact) mass is 264 g/mol. The first kappa shape index (κ1) is 14.2. The lowest BCUT2D eigenvalue weighted by Gasteiger charge is -2.08. The Labute approximate surface area is 100.0 Å². The van der Waals surface area contributed by atoms with Crippen molar-refractivity contribution in [1.82, 2.24) is 10.3 Å². The van der Waals surface area contributed by atoms with Gasteiger partial charge in [-0.15, -0.1) is 0 Å². The number of halogens is 3. The highest BCUT2D eigenvalue weighted by molar-refractivity contribution is 5.93. The minimum atomic E-state index is -4.39. The largest absolute Gasteiger partial charge is 0.411 e. The standard InChI is InChI=1S/C10H11F3N2O3/c11-10(12,13)6-18-4-3-15-9(17)7-5-14-2-1-8(7)16/h1-2,5H,3-4,6H2,(H,14,16)(H,15,17). The molecular weight excluding hydrogens is 253 g/mol. The van der Waals surface area contributed by atoms with Crippen molar-refractivity contribution in [2.24, 2.45) is 0 Å². The summed E-state index contributed by atoms with van der Waals surface area (Å²) in [6, 6.07) is 1.18. The third kappa shape index (κ3) is 5.00. The Morgan fingerprint density at radius 1 is 1.44 bits per heavy atom. The summed E-state index contributed by atoms with van der Waals surface area (Å²) in [7, 11) is 0. The maximum atomic E-state index is 11.7. The fraction of sp³-hybridized carbons (Fsp3) is 0.400. The molecular formula is C10H11F3N2O3. The zero-order valence-corrected chi connectivity index (χ0v) is 9.21. The van der Waals surface area contributed by atoms with E-state index in [-0.39, 0.29) is 18.7 Å². The summed E-state index contributed by atoms with van der Waals surface area (Å²) in [6.45, 7) is -1.76. The van der Waals surface area contributed by atoms with Gasteiger partial charge in [-0.3, -0.25) is 9.59 Å². The maximum absolute atomic E-state index is 11.7. The average Bonchev–Trinajstić information content (AvgIpc) is 2.27. The number of aromatic nitrogens is 1. The van der Waals surface area contributed by atoms with E-state index in [0.717, 1.165) is 0 Å². The van der Waals surface area contributed by atoms with Crippen LogP contribution in [-0.4, -0.2) is 36.8 Å². The maximum Gasteiger partial charge on any atom is 0.411 e. The van der Waals surface area contributed by atoms with Gasteiger partial charge in [-0.25, -0.2) is 0 Å². The Bertz CT molecular complexity index is 456. The van der Waals surface area contributed by atoms with Gasteiger partial charge in [0.15, 0.2) is 5.43 Å². The molecule has 1 heterocycles. The molecule has 0 aromatic carbocycles. The molecule has 0 radical (unpaired) electrons. The van der Waals surface area contributed by atoms with E-state index in [2.05, 4.69) is 15.0 Å². The predicted molar refractivity (Wildman–Crippen MR) is 56.3 cm³/mol. The van der Waals surface area contributed by atoms with Crippen LogP contribution in [0.4, 0.5) is 13.2 Å². The third-order valence-electron chi connectivity index (χ3n) is 1.87. The number of pyridine rings is 1. The smallest absolute Gasteiger partial charge is 0.370 e. The molecule has 0 aliphatic rings. The number of nitrogens with one attached hydrogen (secondary N) is 2. The summed E-state index contributed by atoms with van der Waals surface area (Å²) in [6.07, 6.45) is -1.81. The highest BCUT2D eigenvalue weighted by Crippen LogP contribution is 2.13. The highest BCUT2D eigenvalue weighted by atomic mass is 19.4. The van der Waals surface area contributed by atoms with Gasteiger partial charge in [-0.05, 0) is 0 Å². The molecule has 0 saturated carbocycles. The van der Waals surface area contributed by atoms with Crippen molar-refractivity contribution in [3.63, 3.8) is 0 Å². The van der Waals surface area contributed by atoms with E-state index in [1.54, 1.807) is 0 Å². The molecule has 5 nitrogen and oxygen atoms in total. The van der Waals surface area contributed by atoms with Crippen molar-refractivity contribution in [2.75, 3.05) is 19.8 Å². The van der Waals surface area contributed by atoms with Gasteiger partial charge in [-0.1, -0.05) is 0 Å². The summed E-state index contributed by atoms with van der Waals surface area (Å²) < 4.78 is 39.4. The van der Waals surface area contributed by atoms with Crippen LogP contribution in [0.2, 0.25) is 0 Å². The molecule has 0 aliphatic heterocycles. The van der Waals surface area contributed by atoms with E-state index in [1.807, 2.05) is 0 Å². The minimum Gasteiger partial charge on any atom is -0.370 e. The summed E-state index contributed by atoms with van der Waals surface area (Å²) in [5.74, 6) is -0.660. The normalized spacial score (nSPS) is 11.3. The van der Waals surface area contributed by atoms with Crippen molar-refractivity contribution >= 4 is 5.91 Å². The van der Waals surface area contributed by atoms with Gasteiger partial charge in [0.25, 0.3) is 5.91 Å². The number of aromatic amines is 1. The molecule has 100 valence electrons. The Morgan fingerprint density at radius 2 is 2.17 bits per heavy atom. The fourth-order valence-electron chi connectivity index (χ4n) is 1.11. The minimum absolute atomic E-state index is 0.103. The average molecular weight is 264 g/mol. The summed E-state index contributed by atoms with van der Waals surface area (Å²) in [5, 5.41) is 2.27. The van der Waals surface area contributed by atoms with Crippen molar-refractivity contribution in [1.29, 1.82) is 0 Å². The van der Waals surface area contributed by atoms with Crippen LogP contribution in [0.5, 0.6) is 0 Å². The molecule has 1 rings (SSSR count). The highest BCUT2D eigenvalue weighted by Gasteiger charge is 2.27. The second kappa shape index (κ2) is 6.20.